The molecule has 24 heavy (non-hydrogen) atoms. The first-order valence-corrected chi connectivity index (χ1v) is 8.37. The highest BCUT2D eigenvalue weighted by atomic mass is 16.6. The van der Waals surface area contributed by atoms with Gasteiger partial charge >= 0.3 is 11.9 Å². The van der Waals surface area contributed by atoms with E-state index in [0.717, 1.165) is 0 Å². The van der Waals surface area contributed by atoms with Gasteiger partial charge in [0.15, 0.2) is 0 Å². The van der Waals surface area contributed by atoms with Gasteiger partial charge in [0.1, 0.15) is 18.3 Å². The van der Waals surface area contributed by atoms with Crippen molar-refractivity contribution in [1.82, 2.24) is 4.90 Å². The standard InChI is InChI=1S/C18H27NO5/c1-6-10(3)17(21)23-12-8-13-15(20)16(14(9-12)19(13)5)24-18(22)11(4)7-2/h6-7,12-16,20H,8-9H2,1-5H3/b10-6-,11-7-/t12-,13-,14+,15-,16+/m1/s1. The average molecular weight is 337 g/mol. The molecule has 0 spiro atoms. The number of esters is 2. The van der Waals surface area contributed by atoms with E-state index >= 15 is 0 Å². The molecule has 0 aliphatic carbocycles. The fraction of sp³-hybridized carbons (Fsp3) is 0.667. The van der Waals surface area contributed by atoms with E-state index in [-0.39, 0.29) is 24.2 Å². The zero-order valence-corrected chi connectivity index (χ0v) is 15.0. The quantitative estimate of drug-likeness (QED) is 0.620. The van der Waals surface area contributed by atoms with Gasteiger partial charge in [-0.15, -0.1) is 0 Å². The summed E-state index contributed by atoms with van der Waals surface area (Å²) in [5, 5.41) is 10.5. The minimum Gasteiger partial charge on any atom is -0.459 e. The fourth-order valence-corrected chi connectivity index (χ4v) is 3.35. The van der Waals surface area contributed by atoms with Gasteiger partial charge in [-0.25, -0.2) is 9.59 Å². The molecule has 0 saturated carbocycles. The molecule has 0 amide bonds. The van der Waals surface area contributed by atoms with Gasteiger partial charge in [0.05, 0.1) is 6.04 Å². The molecule has 6 nitrogen and oxygen atoms in total. The number of aliphatic hydroxyl groups excluding tert-OH is 1. The Morgan fingerprint density at radius 1 is 1.00 bits per heavy atom. The molecule has 2 saturated heterocycles. The topological polar surface area (TPSA) is 76.1 Å². The molecule has 2 heterocycles. The van der Waals surface area contributed by atoms with Crippen LogP contribution in [0, 0.1) is 0 Å². The number of rotatable bonds is 4. The molecule has 0 aromatic carbocycles. The molecule has 2 fully saturated rings. The van der Waals surface area contributed by atoms with E-state index < -0.39 is 18.2 Å². The van der Waals surface area contributed by atoms with E-state index in [9.17, 15) is 14.7 Å². The summed E-state index contributed by atoms with van der Waals surface area (Å²) < 4.78 is 11.1. The molecule has 0 aromatic heterocycles. The van der Waals surface area contributed by atoms with E-state index in [0.29, 0.717) is 24.0 Å². The van der Waals surface area contributed by atoms with Gasteiger partial charge in [-0.05, 0) is 34.7 Å². The molecule has 2 aliphatic heterocycles. The van der Waals surface area contributed by atoms with Crippen LogP contribution < -0.4 is 0 Å². The van der Waals surface area contributed by atoms with Gasteiger partial charge in [-0.1, -0.05) is 12.2 Å². The summed E-state index contributed by atoms with van der Waals surface area (Å²) in [6.07, 6.45) is 2.82. The van der Waals surface area contributed by atoms with Crippen LogP contribution >= 0.6 is 0 Å². The van der Waals surface area contributed by atoms with Gasteiger partial charge in [-0.3, -0.25) is 4.90 Å². The van der Waals surface area contributed by atoms with Gasteiger partial charge in [0.25, 0.3) is 0 Å². The predicted octanol–water partition coefficient (Wildman–Crippen LogP) is 1.58. The lowest BCUT2D eigenvalue weighted by atomic mass is 10.00. The zero-order chi connectivity index (χ0) is 18.0. The van der Waals surface area contributed by atoms with Crippen LogP contribution in [0.1, 0.15) is 40.5 Å². The number of hydrogen-bond acceptors (Lipinski definition) is 6. The Morgan fingerprint density at radius 2 is 1.50 bits per heavy atom. The SMILES string of the molecule is C/C=C(/C)C(=O)O[C@@H]1C[C@@H]2[C@@H](O)[C@@H](OC(=O)/C(C)=C\C)[C@H](C1)N2C. The van der Waals surface area contributed by atoms with Crippen molar-refractivity contribution in [1.29, 1.82) is 0 Å². The van der Waals surface area contributed by atoms with Crippen molar-refractivity contribution in [2.24, 2.45) is 0 Å². The Bertz CT molecular complexity index is 568. The number of hydrogen-bond donors (Lipinski definition) is 1. The molecular weight excluding hydrogens is 310 g/mol. The highest BCUT2D eigenvalue weighted by Gasteiger charge is 2.53. The molecule has 134 valence electrons. The number of aliphatic hydroxyl groups is 1. The van der Waals surface area contributed by atoms with Crippen LogP contribution in [-0.2, 0) is 19.1 Å². The lowest BCUT2D eigenvalue weighted by Crippen LogP contribution is -2.46. The van der Waals surface area contributed by atoms with Crippen molar-refractivity contribution in [2.75, 3.05) is 7.05 Å². The Balaban J connectivity index is 2.09. The molecule has 1 N–H and O–H groups in total. The summed E-state index contributed by atoms with van der Waals surface area (Å²) in [6.45, 7) is 6.96. The van der Waals surface area contributed by atoms with Crippen molar-refractivity contribution in [3.8, 4) is 0 Å². The van der Waals surface area contributed by atoms with Crippen molar-refractivity contribution < 1.29 is 24.2 Å². The van der Waals surface area contributed by atoms with Crippen LogP contribution in [0.2, 0.25) is 0 Å². The van der Waals surface area contributed by atoms with Crippen molar-refractivity contribution in [3.63, 3.8) is 0 Å². The largest absolute Gasteiger partial charge is 0.459 e. The first kappa shape index (κ1) is 18.7. The minimum atomic E-state index is -0.778. The Hall–Kier alpha value is -1.66. The summed E-state index contributed by atoms with van der Waals surface area (Å²) in [7, 11) is 1.91. The van der Waals surface area contributed by atoms with Crippen LogP contribution in [-0.4, -0.2) is 59.4 Å². The maximum Gasteiger partial charge on any atom is 0.333 e. The fourth-order valence-electron chi connectivity index (χ4n) is 3.35. The smallest absolute Gasteiger partial charge is 0.333 e. The predicted molar refractivity (Wildman–Crippen MR) is 89.2 cm³/mol. The Kier molecular flexibility index (Phi) is 5.83. The monoisotopic (exact) mass is 337 g/mol. The summed E-state index contributed by atoms with van der Waals surface area (Å²) in [5.74, 6) is -0.750. The third-order valence-corrected chi connectivity index (χ3v) is 5.19. The summed E-state index contributed by atoms with van der Waals surface area (Å²) >= 11 is 0. The number of carbonyl (C=O) groups is 2. The van der Waals surface area contributed by atoms with Crippen LogP contribution in [0.4, 0.5) is 0 Å². The van der Waals surface area contributed by atoms with E-state index in [2.05, 4.69) is 0 Å². The second kappa shape index (κ2) is 7.49. The minimum absolute atomic E-state index is 0.156. The number of nitrogens with zero attached hydrogens (tertiary/aromatic N) is 1. The van der Waals surface area contributed by atoms with Crippen LogP contribution in [0.3, 0.4) is 0 Å². The number of ether oxygens (including phenoxy) is 2. The van der Waals surface area contributed by atoms with Crippen LogP contribution in [0.25, 0.3) is 0 Å². The van der Waals surface area contributed by atoms with Gasteiger partial charge < -0.3 is 14.6 Å². The molecule has 5 atom stereocenters. The maximum atomic E-state index is 12.0. The normalized spacial score (nSPS) is 34.2. The molecule has 0 aromatic rings. The highest BCUT2D eigenvalue weighted by Crippen LogP contribution is 2.38. The maximum absolute atomic E-state index is 12.0. The van der Waals surface area contributed by atoms with Crippen LogP contribution in [0.15, 0.2) is 23.3 Å². The van der Waals surface area contributed by atoms with Crippen molar-refractivity contribution in [2.45, 2.75) is 70.9 Å². The van der Waals surface area contributed by atoms with E-state index in [1.165, 1.54) is 0 Å². The van der Waals surface area contributed by atoms with E-state index in [4.69, 9.17) is 9.47 Å². The number of carbonyl (C=O) groups excluding carboxylic acids is 2. The highest BCUT2D eigenvalue weighted by molar-refractivity contribution is 5.88. The number of allylic oxidation sites excluding steroid dienone is 2. The van der Waals surface area contributed by atoms with Gasteiger partial charge in [-0.2, -0.15) is 0 Å². The van der Waals surface area contributed by atoms with Gasteiger partial charge in [0.2, 0.25) is 0 Å². The van der Waals surface area contributed by atoms with E-state index in [1.807, 2.05) is 11.9 Å². The van der Waals surface area contributed by atoms with E-state index in [1.54, 1.807) is 39.8 Å². The Labute approximate surface area is 143 Å². The van der Waals surface area contributed by atoms with Crippen molar-refractivity contribution >= 4 is 11.9 Å². The first-order valence-electron chi connectivity index (χ1n) is 8.37. The molecular formula is C18H27NO5. The molecule has 2 bridgehead atoms. The zero-order valence-electron chi connectivity index (χ0n) is 15.0. The molecule has 0 radical (unpaired) electrons. The van der Waals surface area contributed by atoms with Gasteiger partial charge in [0, 0.05) is 30.0 Å². The second-order valence-electron chi connectivity index (χ2n) is 6.60. The molecule has 2 aliphatic rings. The van der Waals surface area contributed by atoms with Crippen molar-refractivity contribution in [3.05, 3.63) is 23.3 Å². The first-order chi connectivity index (χ1) is 11.3. The Morgan fingerprint density at radius 3 is 2.04 bits per heavy atom. The molecule has 2 rings (SSSR count). The lowest BCUT2D eigenvalue weighted by Gasteiger charge is -2.36. The summed E-state index contributed by atoms with van der Waals surface area (Å²) in [5.41, 5.74) is 1.08. The van der Waals surface area contributed by atoms with Crippen LogP contribution in [0.5, 0.6) is 0 Å². The number of piperidine rings is 1. The summed E-state index contributed by atoms with van der Waals surface area (Å²) in [4.78, 5) is 26.0. The molecule has 0 unspecified atom stereocenters. The molecule has 6 heteroatoms. The lowest BCUT2D eigenvalue weighted by molar-refractivity contribution is -0.152. The number of likely N-dealkylation sites (N-methyl/N-ethyl adjacent to an activating group) is 1. The summed E-state index contributed by atoms with van der Waals surface area (Å²) in [6, 6.07) is -0.341. The average Bonchev–Trinajstić information content (AvgIpc) is 2.70. The number of fused-ring (bicyclic) bond motifs is 2. The second-order valence-corrected chi connectivity index (χ2v) is 6.60. The third kappa shape index (κ3) is 3.54. The third-order valence-electron chi connectivity index (χ3n) is 5.19.